The van der Waals surface area contributed by atoms with Crippen molar-refractivity contribution in [1.82, 2.24) is 0 Å². The van der Waals surface area contributed by atoms with Crippen molar-refractivity contribution in [2.45, 2.75) is 58.1 Å². The van der Waals surface area contributed by atoms with Gasteiger partial charge in [-0.25, -0.2) is 0 Å². The van der Waals surface area contributed by atoms with E-state index in [-0.39, 0.29) is 11.7 Å². The van der Waals surface area contributed by atoms with Gasteiger partial charge < -0.3 is 5.11 Å². The third-order valence-corrected chi connectivity index (χ3v) is 4.02. The zero-order valence-corrected chi connectivity index (χ0v) is 11.0. The highest BCUT2D eigenvalue weighted by atomic mass is 32.2. The van der Waals surface area contributed by atoms with E-state index in [2.05, 4.69) is 13.8 Å². The van der Waals surface area contributed by atoms with Crippen molar-refractivity contribution in [2.75, 3.05) is 5.75 Å². The summed E-state index contributed by atoms with van der Waals surface area (Å²) < 4.78 is 0. The molecule has 15 heavy (non-hydrogen) atoms. The van der Waals surface area contributed by atoms with Crippen molar-refractivity contribution in [1.29, 1.82) is 0 Å². The third-order valence-electron chi connectivity index (χ3n) is 2.62. The molecule has 2 nitrogen and oxygen atoms in total. The maximum absolute atomic E-state index is 10.5. The van der Waals surface area contributed by atoms with Crippen LogP contribution in [0.2, 0.25) is 0 Å². The van der Waals surface area contributed by atoms with Gasteiger partial charge in [0.25, 0.3) is 0 Å². The number of aliphatic carboxylic acids is 1. The molecule has 2 unspecified atom stereocenters. The largest absolute Gasteiger partial charge is 0.481 e. The van der Waals surface area contributed by atoms with Crippen molar-refractivity contribution in [2.24, 2.45) is 5.92 Å². The second kappa shape index (κ2) is 9.08. The van der Waals surface area contributed by atoms with Crippen molar-refractivity contribution < 1.29 is 9.90 Å². The van der Waals surface area contributed by atoms with E-state index in [4.69, 9.17) is 5.11 Å². The molecule has 0 rings (SSSR count). The van der Waals surface area contributed by atoms with Crippen molar-refractivity contribution in [3.8, 4) is 0 Å². The molecule has 0 aliphatic heterocycles. The molecule has 90 valence electrons. The second-order valence-electron chi connectivity index (χ2n) is 4.16. The second-order valence-corrected chi connectivity index (χ2v) is 5.63. The molecule has 0 amide bonds. The lowest BCUT2D eigenvalue weighted by molar-refractivity contribution is -0.136. The third kappa shape index (κ3) is 8.79. The van der Waals surface area contributed by atoms with Gasteiger partial charge in [-0.15, -0.1) is 0 Å². The summed E-state index contributed by atoms with van der Waals surface area (Å²) in [7, 11) is 0. The Morgan fingerprint density at radius 3 is 2.53 bits per heavy atom. The van der Waals surface area contributed by atoms with Gasteiger partial charge in [0.1, 0.15) is 0 Å². The van der Waals surface area contributed by atoms with Gasteiger partial charge >= 0.3 is 5.97 Å². The van der Waals surface area contributed by atoms with E-state index in [9.17, 15) is 4.79 Å². The highest BCUT2D eigenvalue weighted by molar-refractivity contribution is 7.99. The summed E-state index contributed by atoms with van der Waals surface area (Å²) in [5.41, 5.74) is 0. The summed E-state index contributed by atoms with van der Waals surface area (Å²) in [5, 5.41) is 8.88. The number of thioether (sulfide) groups is 1. The van der Waals surface area contributed by atoms with E-state index < -0.39 is 5.97 Å². The van der Waals surface area contributed by atoms with Crippen LogP contribution in [0.25, 0.3) is 0 Å². The normalized spacial score (nSPS) is 14.9. The minimum absolute atomic E-state index is 0.248. The van der Waals surface area contributed by atoms with E-state index in [0.29, 0.717) is 0 Å². The molecular formula is C12H24O2S. The molecule has 0 saturated carbocycles. The molecule has 0 aliphatic rings. The van der Waals surface area contributed by atoms with E-state index in [0.717, 1.165) is 11.7 Å². The van der Waals surface area contributed by atoms with Crippen molar-refractivity contribution in [3.63, 3.8) is 0 Å². The lowest BCUT2D eigenvalue weighted by atomic mass is 10.0. The zero-order chi connectivity index (χ0) is 11.7. The summed E-state index contributed by atoms with van der Waals surface area (Å²) in [5.74, 6) is 1.20. The molecule has 0 aromatic heterocycles. The van der Waals surface area contributed by atoms with E-state index in [1.54, 1.807) is 0 Å². The highest BCUT2D eigenvalue weighted by Gasteiger charge is 2.11. The first-order chi connectivity index (χ1) is 7.10. The summed E-state index contributed by atoms with van der Waals surface area (Å²) in [6.07, 6.45) is 5.35. The minimum Gasteiger partial charge on any atom is -0.481 e. The molecule has 0 fully saturated rings. The Balaban J connectivity index is 3.64. The fourth-order valence-electron chi connectivity index (χ4n) is 1.50. The topological polar surface area (TPSA) is 37.3 Å². The predicted molar refractivity (Wildman–Crippen MR) is 67.5 cm³/mol. The number of carbonyl (C=O) groups is 1. The van der Waals surface area contributed by atoms with Crippen LogP contribution in [-0.4, -0.2) is 22.1 Å². The smallest absolute Gasteiger partial charge is 0.304 e. The van der Waals surface area contributed by atoms with E-state index >= 15 is 0 Å². The quantitative estimate of drug-likeness (QED) is 0.657. The summed E-state index contributed by atoms with van der Waals surface area (Å²) >= 11 is 1.81. The Morgan fingerprint density at radius 2 is 2.07 bits per heavy atom. The van der Waals surface area contributed by atoms with Crippen LogP contribution in [-0.2, 0) is 4.79 Å². The van der Waals surface area contributed by atoms with Gasteiger partial charge in [-0.1, -0.05) is 40.0 Å². The van der Waals surface area contributed by atoms with Crippen LogP contribution < -0.4 is 0 Å². The molecule has 2 atom stereocenters. The van der Waals surface area contributed by atoms with Gasteiger partial charge in [0.15, 0.2) is 0 Å². The molecule has 0 aromatic rings. The molecule has 0 aliphatic carbocycles. The van der Waals surface area contributed by atoms with Crippen molar-refractivity contribution >= 4 is 17.7 Å². The van der Waals surface area contributed by atoms with Gasteiger partial charge in [-0.3, -0.25) is 4.79 Å². The maximum atomic E-state index is 10.5. The van der Waals surface area contributed by atoms with Crippen LogP contribution in [0.4, 0.5) is 0 Å². The monoisotopic (exact) mass is 232 g/mol. The first-order valence-corrected chi connectivity index (χ1v) is 6.98. The number of hydrogen-bond acceptors (Lipinski definition) is 2. The lowest BCUT2D eigenvalue weighted by Crippen LogP contribution is -2.10. The SMILES string of the molecule is CCCCC(CC)CSC(C)CC(=O)O. The number of carboxylic acid groups (broad SMARTS) is 1. The summed E-state index contributed by atoms with van der Waals surface area (Å²) in [6, 6.07) is 0. The number of carboxylic acids is 1. The van der Waals surface area contributed by atoms with Crippen LogP contribution in [0, 0.1) is 5.92 Å². The molecule has 0 heterocycles. The number of hydrogen-bond donors (Lipinski definition) is 1. The number of unbranched alkanes of at least 4 members (excludes halogenated alkanes) is 1. The van der Waals surface area contributed by atoms with E-state index in [1.165, 1.54) is 25.7 Å². The highest BCUT2D eigenvalue weighted by Crippen LogP contribution is 2.22. The van der Waals surface area contributed by atoms with Gasteiger partial charge in [0, 0.05) is 5.25 Å². The lowest BCUT2D eigenvalue weighted by Gasteiger charge is -2.16. The van der Waals surface area contributed by atoms with Crippen LogP contribution in [0.5, 0.6) is 0 Å². The average Bonchev–Trinajstić information content (AvgIpc) is 2.17. The van der Waals surface area contributed by atoms with Crippen molar-refractivity contribution in [3.05, 3.63) is 0 Å². The Kier molecular flexibility index (Phi) is 8.97. The molecule has 0 aromatic carbocycles. The maximum Gasteiger partial charge on any atom is 0.304 e. The van der Waals surface area contributed by atoms with Gasteiger partial charge in [0.05, 0.1) is 6.42 Å². The molecule has 3 heteroatoms. The van der Waals surface area contributed by atoms with Gasteiger partial charge in [0.2, 0.25) is 0 Å². The molecule has 1 N–H and O–H groups in total. The Morgan fingerprint density at radius 1 is 1.40 bits per heavy atom. The minimum atomic E-state index is -0.684. The Hall–Kier alpha value is -0.180. The molecule has 0 bridgehead atoms. The Labute approximate surface area is 97.8 Å². The first-order valence-electron chi connectivity index (χ1n) is 5.93. The Bertz CT molecular complexity index is 171. The van der Waals surface area contributed by atoms with Crippen LogP contribution in [0.1, 0.15) is 52.9 Å². The van der Waals surface area contributed by atoms with Crippen LogP contribution in [0.15, 0.2) is 0 Å². The fourth-order valence-corrected chi connectivity index (χ4v) is 2.77. The predicted octanol–water partition coefficient (Wildman–Crippen LogP) is 3.80. The molecule has 0 radical (unpaired) electrons. The average molecular weight is 232 g/mol. The number of rotatable bonds is 9. The summed E-state index contributed by atoms with van der Waals surface area (Å²) in [4.78, 5) is 10.5. The van der Waals surface area contributed by atoms with Crippen LogP contribution in [0.3, 0.4) is 0 Å². The molecular weight excluding hydrogens is 208 g/mol. The fraction of sp³-hybridized carbons (Fsp3) is 0.917. The molecule has 0 spiro atoms. The van der Waals surface area contributed by atoms with Gasteiger partial charge in [-0.05, 0) is 18.1 Å². The zero-order valence-electron chi connectivity index (χ0n) is 10.2. The standard InChI is InChI=1S/C12H24O2S/c1-4-6-7-11(5-2)9-15-10(3)8-12(13)14/h10-11H,4-9H2,1-3H3,(H,13,14). The first kappa shape index (κ1) is 14.8. The van der Waals surface area contributed by atoms with Crippen LogP contribution >= 0.6 is 11.8 Å². The van der Waals surface area contributed by atoms with E-state index in [1.807, 2.05) is 18.7 Å². The molecule has 0 saturated heterocycles. The van der Waals surface area contributed by atoms with Gasteiger partial charge in [-0.2, -0.15) is 11.8 Å². The summed E-state index contributed by atoms with van der Waals surface area (Å²) in [6.45, 7) is 6.45.